The predicted molar refractivity (Wildman–Crippen MR) is 79.3 cm³/mol. The number of hydrogen-bond donors (Lipinski definition) is 1. The van der Waals surface area contributed by atoms with E-state index in [1.54, 1.807) is 0 Å². The van der Waals surface area contributed by atoms with E-state index in [2.05, 4.69) is 14.9 Å². The Balaban J connectivity index is 1.79. The van der Waals surface area contributed by atoms with Crippen molar-refractivity contribution in [3.8, 4) is 0 Å². The van der Waals surface area contributed by atoms with Gasteiger partial charge < -0.3 is 14.9 Å². The smallest absolute Gasteiger partial charge is 0.134 e. The van der Waals surface area contributed by atoms with Crippen molar-refractivity contribution < 1.29 is 9.50 Å². The average Bonchev–Trinajstić information content (AvgIpc) is 2.89. The third-order valence-electron chi connectivity index (χ3n) is 3.84. The number of anilines is 2. The van der Waals surface area contributed by atoms with E-state index in [1.165, 1.54) is 6.33 Å². The minimum atomic E-state index is -0.892. The van der Waals surface area contributed by atoms with E-state index >= 15 is 0 Å². The molecule has 0 aliphatic carbocycles. The second-order valence-electron chi connectivity index (χ2n) is 5.16. The number of hydrogen-bond acceptors (Lipinski definition) is 6. The molecule has 0 unspecified atom stereocenters. The normalized spacial score (nSPS) is 27.1. The van der Waals surface area contributed by atoms with E-state index in [0.717, 1.165) is 30.4 Å². The number of thioether (sulfide) groups is 1. The highest BCUT2D eigenvalue weighted by Crippen LogP contribution is 2.28. The lowest BCUT2D eigenvalue weighted by Crippen LogP contribution is -2.35. The van der Waals surface area contributed by atoms with E-state index in [1.807, 2.05) is 22.7 Å². The molecule has 0 bridgehead atoms. The Labute approximate surface area is 122 Å². The highest BCUT2D eigenvalue weighted by atomic mass is 32.2. The fourth-order valence-electron chi connectivity index (χ4n) is 2.77. The molecule has 3 heterocycles. The molecular weight excluding hydrogens is 279 g/mol. The van der Waals surface area contributed by atoms with E-state index in [-0.39, 0.29) is 12.6 Å². The second-order valence-corrected chi connectivity index (χ2v) is 6.38. The van der Waals surface area contributed by atoms with Gasteiger partial charge >= 0.3 is 0 Å². The van der Waals surface area contributed by atoms with Gasteiger partial charge in [0.25, 0.3) is 0 Å². The fourth-order valence-corrected chi connectivity index (χ4v) is 3.68. The van der Waals surface area contributed by atoms with Crippen LogP contribution in [0, 0.1) is 0 Å². The Morgan fingerprint density at radius 2 is 2.05 bits per heavy atom. The summed E-state index contributed by atoms with van der Waals surface area (Å²) in [6, 6.07) is 1.74. The number of aliphatic hydroxyl groups excluding tert-OH is 1. The van der Waals surface area contributed by atoms with Crippen LogP contribution in [0.3, 0.4) is 0 Å². The largest absolute Gasteiger partial charge is 0.394 e. The lowest BCUT2D eigenvalue weighted by atomic mass is 10.2. The van der Waals surface area contributed by atoms with Crippen molar-refractivity contribution in [2.24, 2.45) is 0 Å². The molecule has 2 atom stereocenters. The minimum Gasteiger partial charge on any atom is -0.394 e. The highest BCUT2D eigenvalue weighted by Gasteiger charge is 2.32. The summed E-state index contributed by atoms with van der Waals surface area (Å²) in [7, 11) is 0. The molecular formula is C13H19FN4OS. The van der Waals surface area contributed by atoms with Gasteiger partial charge in [0.2, 0.25) is 0 Å². The first-order valence-corrected chi connectivity index (χ1v) is 8.09. The van der Waals surface area contributed by atoms with Gasteiger partial charge in [-0.1, -0.05) is 0 Å². The van der Waals surface area contributed by atoms with Crippen LogP contribution in [0.2, 0.25) is 0 Å². The van der Waals surface area contributed by atoms with Crippen molar-refractivity contribution in [3.63, 3.8) is 0 Å². The zero-order valence-electron chi connectivity index (χ0n) is 11.3. The van der Waals surface area contributed by atoms with E-state index in [4.69, 9.17) is 0 Å². The highest BCUT2D eigenvalue weighted by molar-refractivity contribution is 7.99. The third-order valence-corrected chi connectivity index (χ3v) is 4.78. The predicted octanol–water partition coefficient (Wildman–Crippen LogP) is 0.939. The molecule has 2 fully saturated rings. The van der Waals surface area contributed by atoms with Crippen molar-refractivity contribution >= 4 is 23.4 Å². The summed E-state index contributed by atoms with van der Waals surface area (Å²) >= 11 is 1.95. The maximum Gasteiger partial charge on any atom is 0.134 e. The first kappa shape index (κ1) is 13.9. The molecule has 2 aliphatic rings. The monoisotopic (exact) mass is 298 g/mol. The summed E-state index contributed by atoms with van der Waals surface area (Å²) in [5.41, 5.74) is 0. The Morgan fingerprint density at radius 3 is 2.80 bits per heavy atom. The number of rotatable bonds is 3. The Hall–Kier alpha value is -1.08. The van der Waals surface area contributed by atoms with Crippen molar-refractivity contribution in [2.45, 2.75) is 18.6 Å². The number of nitrogens with zero attached hydrogens (tertiary/aromatic N) is 4. The van der Waals surface area contributed by atoms with Gasteiger partial charge in [-0.3, -0.25) is 0 Å². The molecule has 0 saturated carbocycles. The molecule has 0 aromatic carbocycles. The van der Waals surface area contributed by atoms with Crippen LogP contribution in [0.25, 0.3) is 0 Å². The SMILES string of the molecule is OC[C@@H]1C[C@H](F)CN1c1cc(N2CCSCC2)ncn1. The van der Waals surface area contributed by atoms with Gasteiger partial charge in [0.1, 0.15) is 24.1 Å². The summed E-state index contributed by atoms with van der Waals surface area (Å²) < 4.78 is 13.5. The first-order chi connectivity index (χ1) is 9.78. The fraction of sp³-hybridized carbons (Fsp3) is 0.692. The minimum absolute atomic E-state index is 0.0416. The van der Waals surface area contributed by atoms with Gasteiger partial charge in [-0.25, -0.2) is 14.4 Å². The van der Waals surface area contributed by atoms with Crippen molar-refractivity contribution in [1.82, 2.24) is 9.97 Å². The molecule has 1 aromatic heterocycles. The molecule has 5 nitrogen and oxygen atoms in total. The van der Waals surface area contributed by atoms with E-state index in [9.17, 15) is 9.50 Å². The molecule has 0 spiro atoms. The maximum absolute atomic E-state index is 13.5. The number of aliphatic hydroxyl groups is 1. The third kappa shape index (κ3) is 2.83. The van der Waals surface area contributed by atoms with Gasteiger partial charge in [-0.15, -0.1) is 0 Å². The standard InChI is InChI=1S/C13H19FN4OS/c14-10-5-11(8-19)18(7-10)13-6-12(15-9-16-13)17-1-3-20-4-2-17/h6,9-11,19H,1-5,7-8H2/t10-,11-/m0/s1. The first-order valence-electron chi connectivity index (χ1n) is 6.94. The molecule has 3 rings (SSSR count). The van der Waals surface area contributed by atoms with Crippen LogP contribution < -0.4 is 9.80 Å². The summed E-state index contributed by atoms with van der Waals surface area (Å²) in [4.78, 5) is 12.7. The molecule has 110 valence electrons. The van der Waals surface area contributed by atoms with Crippen LogP contribution in [0.5, 0.6) is 0 Å². The van der Waals surface area contributed by atoms with Crippen LogP contribution in [0.4, 0.5) is 16.0 Å². The van der Waals surface area contributed by atoms with Gasteiger partial charge in [0.05, 0.1) is 19.2 Å². The molecule has 2 saturated heterocycles. The Bertz CT molecular complexity index is 458. The number of alkyl halides is 1. The zero-order valence-corrected chi connectivity index (χ0v) is 12.1. The van der Waals surface area contributed by atoms with Crippen molar-refractivity contribution in [3.05, 3.63) is 12.4 Å². The molecule has 1 N–H and O–H groups in total. The van der Waals surface area contributed by atoms with Crippen LogP contribution in [-0.4, -0.2) is 65.0 Å². The van der Waals surface area contributed by atoms with Gasteiger partial charge in [-0.2, -0.15) is 11.8 Å². The molecule has 7 heteroatoms. The summed E-state index contributed by atoms with van der Waals surface area (Å²) in [6.07, 6.45) is 1.01. The molecule has 0 radical (unpaired) electrons. The topological polar surface area (TPSA) is 52.5 Å². The van der Waals surface area contributed by atoms with Gasteiger partial charge in [-0.05, 0) is 0 Å². The summed E-state index contributed by atoms with van der Waals surface area (Å²) in [5.74, 6) is 3.82. The Kier molecular flexibility index (Phi) is 4.26. The molecule has 1 aromatic rings. The van der Waals surface area contributed by atoms with Crippen LogP contribution >= 0.6 is 11.8 Å². The maximum atomic E-state index is 13.5. The number of halogens is 1. The van der Waals surface area contributed by atoms with Gasteiger partial charge in [0, 0.05) is 37.1 Å². The van der Waals surface area contributed by atoms with Crippen molar-refractivity contribution in [1.29, 1.82) is 0 Å². The van der Waals surface area contributed by atoms with Crippen molar-refractivity contribution in [2.75, 3.05) is 47.5 Å². The Morgan fingerprint density at radius 1 is 1.30 bits per heavy atom. The lowest BCUT2D eigenvalue weighted by Gasteiger charge is -2.29. The van der Waals surface area contributed by atoms with Crippen LogP contribution in [-0.2, 0) is 0 Å². The van der Waals surface area contributed by atoms with Crippen LogP contribution in [0.15, 0.2) is 12.4 Å². The quantitative estimate of drug-likeness (QED) is 0.896. The zero-order chi connectivity index (χ0) is 13.9. The average molecular weight is 298 g/mol. The molecule has 0 amide bonds. The molecule has 20 heavy (non-hydrogen) atoms. The van der Waals surface area contributed by atoms with Gasteiger partial charge in [0.15, 0.2) is 0 Å². The second kappa shape index (κ2) is 6.13. The number of aromatic nitrogens is 2. The van der Waals surface area contributed by atoms with E-state index < -0.39 is 6.17 Å². The summed E-state index contributed by atoms with van der Waals surface area (Å²) in [5, 5.41) is 9.37. The van der Waals surface area contributed by atoms with E-state index in [0.29, 0.717) is 18.8 Å². The van der Waals surface area contributed by atoms with Crippen LogP contribution in [0.1, 0.15) is 6.42 Å². The lowest BCUT2D eigenvalue weighted by molar-refractivity contribution is 0.255. The summed E-state index contributed by atoms with van der Waals surface area (Å²) in [6.45, 7) is 2.23. The molecule has 2 aliphatic heterocycles.